The molecule has 0 aromatic carbocycles. The summed E-state index contributed by atoms with van der Waals surface area (Å²) in [5, 5.41) is 0. The van der Waals surface area contributed by atoms with E-state index in [1.165, 1.54) is 12.8 Å². The summed E-state index contributed by atoms with van der Waals surface area (Å²) < 4.78 is 0. The molecule has 0 N–H and O–H groups in total. The van der Waals surface area contributed by atoms with Crippen LogP contribution in [0.15, 0.2) is 0 Å². The standard InChI is InChI=1S/C11H20N2O/c1-9(2)12-5-6-13(11(14)8-12)7-10-3-4-10/h9-10H,3-8H2,1-2H3. The summed E-state index contributed by atoms with van der Waals surface area (Å²) in [6.45, 7) is 7.95. The molecule has 3 nitrogen and oxygen atoms in total. The van der Waals surface area contributed by atoms with Gasteiger partial charge in [0.1, 0.15) is 0 Å². The molecule has 0 atom stereocenters. The van der Waals surface area contributed by atoms with Crippen LogP contribution in [0.2, 0.25) is 0 Å². The van der Waals surface area contributed by atoms with Gasteiger partial charge in [0.2, 0.25) is 5.91 Å². The number of carbonyl (C=O) groups excluding carboxylic acids is 1. The van der Waals surface area contributed by atoms with Gasteiger partial charge in [0.05, 0.1) is 6.54 Å². The molecule has 0 aromatic rings. The molecule has 3 heteroatoms. The van der Waals surface area contributed by atoms with Gasteiger partial charge in [0, 0.05) is 25.7 Å². The molecular formula is C11H20N2O. The lowest BCUT2D eigenvalue weighted by atomic mass is 10.2. The largest absolute Gasteiger partial charge is 0.340 e. The smallest absolute Gasteiger partial charge is 0.236 e. The Hall–Kier alpha value is -0.570. The Balaban J connectivity index is 1.83. The third-order valence-electron chi connectivity index (χ3n) is 3.25. The molecule has 1 aliphatic carbocycles. The molecule has 0 unspecified atom stereocenters. The van der Waals surface area contributed by atoms with Crippen molar-refractivity contribution in [3.63, 3.8) is 0 Å². The lowest BCUT2D eigenvalue weighted by Crippen LogP contribution is -2.52. The van der Waals surface area contributed by atoms with Crippen molar-refractivity contribution in [1.29, 1.82) is 0 Å². The zero-order valence-electron chi connectivity index (χ0n) is 9.20. The molecule has 2 fully saturated rings. The van der Waals surface area contributed by atoms with Gasteiger partial charge in [0.25, 0.3) is 0 Å². The zero-order chi connectivity index (χ0) is 10.1. The van der Waals surface area contributed by atoms with Crippen molar-refractivity contribution >= 4 is 5.91 Å². The molecule has 1 amide bonds. The van der Waals surface area contributed by atoms with E-state index in [1.807, 2.05) is 0 Å². The molecule has 0 radical (unpaired) electrons. The predicted molar refractivity (Wildman–Crippen MR) is 56.0 cm³/mol. The van der Waals surface area contributed by atoms with E-state index in [4.69, 9.17) is 0 Å². The van der Waals surface area contributed by atoms with Crippen LogP contribution in [0.3, 0.4) is 0 Å². The van der Waals surface area contributed by atoms with Crippen LogP contribution in [0.1, 0.15) is 26.7 Å². The van der Waals surface area contributed by atoms with Crippen LogP contribution in [-0.2, 0) is 4.79 Å². The van der Waals surface area contributed by atoms with Gasteiger partial charge < -0.3 is 4.90 Å². The lowest BCUT2D eigenvalue weighted by Gasteiger charge is -2.36. The molecule has 0 spiro atoms. The molecule has 0 aromatic heterocycles. The fraction of sp³-hybridized carbons (Fsp3) is 0.909. The average molecular weight is 196 g/mol. The van der Waals surface area contributed by atoms with Gasteiger partial charge in [-0.2, -0.15) is 0 Å². The normalized spacial score (nSPS) is 24.8. The Labute approximate surface area is 86.1 Å². The summed E-state index contributed by atoms with van der Waals surface area (Å²) in [6.07, 6.45) is 2.66. The van der Waals surface area contributed by atoms with E-state index in [2.05, 4.69) is 23.6 Å². The summed E-state index contributed by atoms with van der Waals surface area (Å²) in [6, 6.07) is 0.502. The highest BCUT2D eigenvalue weighted by molar-refractivity contribution is 5.79. The highest BCUT2D eigenvalue weighted by Crippen LogP contribution is 2.30. The second kappa shape index (κ2) is 3.89. The number of rotatable bonds is 3. The molecule has 1 saturated carbocycles. The number of hydrogen-bond acceptors (Lipinski definition) is 2. The van der Waals surface area contributed by atoms with Gasteiger partial charge in [-0.3, -0.25) is 9.69 Å². The first-order valence-electron chi connectivity index (χ1n) is 5.68. The number of nitrogens with zero attached hydrogens (tertiary/aromatic N) is 2. The van der Waals surface area contributed by atoms with Gasteiger partial charge in [-0.1, -0.05) is 0 Å². The SMILES string of the molecule is CC(C)N1CCN(CC2CC2)C(=O)C1. The van der Waals surface area contributed by atoms with Gasteiger partial charge in [-0.25, -0.2) is 0 Å². The monoisotopic (exact) mass is 196 g/mol. The predicted octanol–water partition coefficient (Wildman–Crippen LogP) is 0.949. The third-order valence-corrected chi connectivity index (χ3v) is 3.25. The van der Waals surface area contributed by atoms with Crippen LogP contribution >= 0.6 is 0 Å². The first-order chi connectivity index (χ1) is 6.66. The second-order valence-electron chi connectivity index (χ2n) is 4.85. The Kier molecular flexibility index (Phi) is 2.77. The highest BCUT2D eigenvalue weighted by atomic mass is 16.2. The fourth-order valence-corrected chi connectivity index (χ4v) is 1.97. The lowest BCUT2D eigenvalue weighted by molar-refractivity contribution is -0.137. The summed E-state index contributed by atoms with van der Waals surface area (Å²) in [4.78, 5) is 16.1. The Morgan fingerprint density at radius 2 is 2.07 bits per heavy atom. The van der Waals surface area contributed by atoms with Crippen molar-refractivity contribution in [1.82, 2.24) is 9.80 Å². The third kappa shape index (κ3) is 2.27. The van der Waals surface area contributed by atoms with E-state index >= 15 is 0 Å². The van der Waals surface area contributed by atoms with Crippen LogP contribution in [-0.4, -0.2) is 47.9 Å². The summed E-state index contributed by atoms with van der Waals surface area (Å²) in [7, 11) is 0. The maximum absolute atomic E-state index is 11.8. The quantitative estimate of drug-likeness (QED) is 0.671. The van der Waals surface area contributed by atoms with Crippen molar-refractivity contribution in [3.8, 4) is 0 Å². The molecule has 1 saturated heterocycles. The van der Waals surface area contributed by atoms with Crippen LogP contribution in [0.5, 0.6) is 0 Å². The summed E-state index contributed by atoms with van der Waals surface area (Å²) in [5.41, 5.74) is 0. The van der Waals surface area contributed by atoms with Crippen molar-refractivity contribution in [2.45, 2.75) is 32.7 Å². The summed E-state index contributed by atoms with van der Waals surface area (Å²) >= 11 is 0. The van der Waals surface area contributed by atoms with Crippen molar-refractivity contribution in [2.75, 3.05) is 26.2 Å². The topological polar surface area (TPSA) is 23.6 Å². The van der Waals surface area contributed by atoms with Gasteiger partial charge in [-0.05, 0) is 32.6 Å². The highest BCUT2D eigenvalue weighted by Gasteiger charge is 2.30. The van der Waals surface area contributed by atoms with Crippen LogP contribution < -0.4 is 0 Å². The van der Waals surface area contributed by atoms with Crippen molar-refractivity contribution in [3.05, 3.63) is 0 Å². The molecule has 2 rings (SSSR count). The van der Waals surface area contributed by atoms with E-state index in [0.717, 1.165) is 25.6 Å². The number of amides is 1. The van der Waals surface area contributed by atoms with E-state index in [1.54, 1.807) is 0 Å². The first-order valence-corrected chi connectivity index (χ1v) is 5.68. The fourth-order valence-electron chi connectivity index (χ4n) is 1.97. The zero-order valence-corrected chi connectivity index (χ0v) is 9.20. The van der Waals surface area contributed by atoms with E-state index in [0.29, 0.717) is 18.5 Å². The Morgan fingerprint density at radius 1 is 1.36 bits per heavy atom. The van der Waals surface area contributed by atoms with Crippen molar-refractivity contribution in [2.24, 2.45) is 5.92 Å². The maximum Gasteiger partial charge on any atom is 0.236 e. The van der Waals surface area contributed by atoms with Crippen LogP contribution in [0.25, 0.3) is 0 Å². The van der Waals surface area contributed by atoms with Gasteiger partial charge >= 0.3 is 0 Å². The number of carbonyl (C=O) groups is 1. The molecule has 1 heterocycles. The maximum atomic E-state index is 11.8. The number of hydrogen-bond donors (Lipinski definition) is 0. The van der Waals surface area contributed by atoms with Gasteiger partial charge in [0.15, 0.2) is 0 Å². The van der Waals surface area contributed by atoms with Crippen molar-refractivity contribution < 1.29 is 4.79 Å². The summed E-state index contributed by atoms with van der Waals surface area (Å²) in [5.74, 6) is 1.15. The molecule has 2 aliphatic rings. The number of piperazine rings is 1. The van der Waals surface area contributed by atoms with E-state index in [9.17, 15) is 4.79 Å². The minimum Gasteiger partial charge on any atom is -0.340 e. The Morgan fingerprint density at radius 3 is 2.57 bits per heavy atom. The molecule has 14 heavy (non-hydrogen) atoms. The second-order valence-corrected chi connectivity index (χ2v) is 4.85. The Bertz CT molecular complexity index is 223. The van der Waals surface area contributed by atoms with E-state index < -0.39 is 0 Å². The van der Waals surface area contributed by atoms with Crippen LogP contribution in [0.4, 0.5) is 0 Å². The van der Waals surface area contributed by atoms with Crippen LogP contribution in [0, 0.1) is 5.92 Å². The minimum atomic E-state index is 0.330. The average Bonchev–Trinajstić information content (AvgIpc) is 2.92. The minimum absolute atomic E-state index is 0.330. The molecular weight excluding hydrogens is 176 g/mol. The van der Waals surface area contributed by atoms with Gasteiger partial charge in [-0.15, -0.1) is 0 Å². The molecule has 1 aliphatic heterocycles. The molecule has 80 valence electrons. The molecule has 0 bridgehead atoms. The van der Waals surface area contributed by atoms with E-state index in [-0.39, 0.29) is 0 Å². The first kappa shape index (κ1) is 9.97.